The molecular formula is C13H17BrO. The van der Waals surface area contributed by atoms with Crippen LogP contribution in [0.3, 0.4) is 0 Å². The Balaban J connectivity index is 2.73. The van der Waals surface area contributed by atoms with E-state index in [0.29, 0.717) is 6.42 Å². The lowest BCUT2D eigenvalue weighted by Gasteiger charge is -2.07. The van der Waals surface area contributed by atoms with Gasteiger partial charge in [0.05, 0.1) is 0 Å². The molecule has 0 aliphatic heterocycles. The molecule has 0 amide bonds. The number of alkyl halides is 1. The molecule has 0 unspecified atom stereocenters. The second-order valence-electron chi connectivity index (χ2n) is 3.84. The molecule has 1 aromatic rings. The quantitative estimate of drug-likeness (QED) is 0.447. The van der Waals surface area contributed by atoms with Crippen molar-refractivity contribution in [1.82, 2.24) is 0 Å². The highest BCUT2D eigenvalue weighted by molar-refractivity contribution is 9.09. The van der Waals surface area contributed by atoms with E-state index in [4.69, 9.17) is 0 Å². The van der Waals surface area contributed by atoms with Crippen molar-refractivity contribution in [3.8, 4) is 0 Å². The molecule has 0 heterocycles. The molecule has 0 spiro atoms. The van der Waals surface area contributed by atoms with Gasteiger partial charge in [0.15, 0.2) is 5.78 Å². The summed E-state index contributed by atoms with van der Waals surface area (Å²) in [4.78, 5) is 11.9. The standard InChI is InChI=1S/C13H17BrO/c1-10-6-5-7-11(2)13(10)12(15)8-3-4-9-14/h5-7H,3-4,8-9H2,1-2H3. The minimum absolute atomic E-state index is 0.284. The van der Waals surface area contributed by atoms with E-state index in [9.17, 15) is 4.79 Å². The molecule has 0 N–H and O–H groups in total. The van der Waals surface area contributed by atoms with Crippen LogP contribution in [0.2, 0.25) is 0 Å². The van der Waals surface area contributed by atoms with Crippen molar-refractivity contribution in [2.75, 3.05) is 5.33 Å². The van der Waals surface area contributed by atoms with Crippen LogP contribution in [0.5, 0.6) is 0 Å². The van der Waals surface area contributed by atoms with Gasteiger partial charge in [0.2, 0.25) is 0 Å². The molecule has 0 aliphatic carbocycles. The summed E-state index contributed by atoms with van der Waals surface area (Å²) in [6.07, 6.45) is 2.70. The molecule has 1 nitrogen and oxygen atoms in total. The predicted octanol–water partition coefficient (Wildman–Crippen LogP) is 4.05. The number of Topliss-reactive ketones (excluding diaryl/α,β-unsaturated/α-hetero) is 1. The van der Waals surface area contributed by atoms with Crippen molar-refractivity contribution in [2.24, 2.45) is 0 Å². The maximum Gasteiger partial charge on any atom is 0.163 e. The number of halogens is 1. The summed E-state index contributed by atoms with van der Waals surface area (Å²) in [5.74, 6) is 0.284. The minimum atomic E-state index is 0.284. The van der Waals surface area contributed by atoms with Gasteiger partial charge < -0.3 is 0 Å². The number of aryl methyl sites for hydroxylation is 2. The highest BCUT2D eigenvalue weighted by Crippen LogP contribution is 2.16. The first kappa shape index (κ1) is 12.4. The fourth-order valence-corrected chi connectivity index (χ4v) is 2.16. The molecule has 0 fully saturated rings. The lowest BCUT2D eigenvalue weighted by molar-refractivity contribution is 0.0979. The van der Waals surface area contributed by atoms with Crippen LogP contribution in [0.15, 0.2) is 18.2 Å². The van der Waals surface area contributed by atoms with Crippen molar-refractivity contribution in [1.29, 1.82) is 0 Å². The molecule has 0 aromatic heterocycles. The third kappa shape index (κ3) is 3.45. The van der Waals surface area contributed by atoms with Gasteiger partial charge in [0.1, 0.15) is 0 Å². The Morgan fingerprint density at radius 1 is 1.20 bits per heavy atom. The molecule has 2 heteroatoms. The van der Waals surface area contributed by atoms with Crippen LogP contribution in [0.4, 0.5) is 0 Å². The highest BCUT2D eigenvalue weighted by atomic mass is 79.9. The van der Waals surface area contributed by atoms with Crippen molar-refractivity contribution < 1.29 is 4.79 Å². The summed E-state index contributed by atoms with van der Waals surface area (Å²) >= 11 is 3.37. The zero-order valence-electron chi connectivity index (χ0n) is 9.35. The Morgan fingerprint density at radius 3 is 2.33 bits per heavy atom. The molecule has 0 atom stereocenters. The van der Waals surface area contributed by atoms with Crippen LogP contribution < -0.4 is 0 Å². The number of rotatable bonds is 5. The van der Waals surface area contributed by atoms with E-state index < -0.39 is 0 Å². The van der Waals surface area contributed by atoms with E-state index in [2.05, 4.69) is 15.9 Å². The molecule has 0 radical (unpaired) electrons. The van der Waals surface area contributed by atoms with Crippen LogP contribution in [0.25, 0.3) is 0 Å². The Labute approximate surface area is 100 Å². The number of hydrogen-bond donors (Lipinski definition) is 0. The number of unbranched alkanes of at least 4 members (excludes halogenated alkanes) is 1. The third-order valence-corrected chi connectivity index (χ3v) is 3.11. The summed E-state index contributed by atoms with van der Waals surface area (Å²) in [5, 5.41) is 0.979. The summed E-state index contributed by atoms with van der Waals surface area (Å²) in [5.41, 5.74) is 3.12. The highest BCUT2D eigenvalue weighted by Gasteiger charge is 2.10. The predicted molar refractivity (Wildman–Crippen MR) is 67.9 cm³/mol. The average Bonchev–Trinajstić information content (AvgIpc) is 2.18. The first-order valence-electron chi connectivity index (χ1n) is 5.32. The molecule has 15 heavy (non-hydrogen) atoms. The number of benzene rings is 1. The maximum absolute atomic E-state index is 11.9. The minimum Gasteiger partial charge on any atom is -0.294 e. The van der Waals surface area contributed by atoms with Crippen molar-refractivity contribution in [3.63, 3.8) is 0 Å². The Kier molecular flexibility index (Phi) is 5.03. The van der Waals surface area contributed by atoms with Gasteiger partial charge in [-0.25, -0.2) is 0 Å². The number of hydrogen-bond acceptors (Lipinski definition) is 1. The van der Waals surface area contributed by atoms with E-state index in [1.54, 1.807) is 0 Å². The van der Waals surface area contributed by atoms with Crippen LogP contribution in [0, 0.1) is 13.8 Å². The molecule has 1 rings (SSSR count). The second kappa shape index (κ2) is 6.06. The maximum atomic E-state index is 11.9. The average molecular weight is 269 g/mol. The molecule has 82 valence electrons. The van der Waals surface area contributed by atoms with Crippen molar-refractivity contribution in [2.45, 2.75) is 33.1 Å². The summed E-state index contributed by atoms with van der Waals surface area (Å²) in [7, 11) is 0. The van der Waals surface area contributed by atoms with Crippen LogP contribution in [0.1, 0.15) is 40.7 Å². The van der Waals surface area contributed by atoms with Gasteiger partial charge in [-0.3, -0.25) is 4.79 Å². The molecular weight excluding hydrogens is 252 g/mol. The van der Waals surface area contributed by atoms with E-state index in [1.165, 1.54) is 0 Å². The largest absolute Gasteiger partial charge is 0.294 e. The fraction of sp³-hybridized carbons (Fsp3) is 0.462. The molecule has 0 aliphatic rings. The molecule has 0 saturated heterocycles. The Bertz CT molecular complexity index is 324. The Hall–Kier alpha value is -0.630. The van der Waals surface area contributed by atoms with Gasteiger partial charge in [-0.1, -0.05) is 34.1 Å². The van der Waals surface area contributed by atoms with Crippen LogP contribution in [-0.2, 0) is 0 Å². The lowest BCUT2D eigenvalue weighted by atomic mass is 9.96. The topological polar surface area (TPSA) is 17.1 Å². The number of carbonyl (C=O) groups excluding carboxylic acids is 1. The van der Waals surface area contributed by atoms with E-state index in [-0.39, 0.29) is 5.78 Å². The van der Waals surface area contributed by atoms with Crippen molar-refractivity contribution in [3.05, 3.63) is 34.9 Å². The Morgan fingerprint density at radius 2 is 1.80 bits per heavy atom. The van der Waals surface area contributed by atoms with Crippen molar-refractivity contribution >= 4 is 21.7 Å². The number of ketones is 1. The van der Waals surface area contributed by atoms with E-state index >= 15 is 0 Å². The molecule has 1 aromatic carbocycles. The lowest BCUT2D eigenvalue weighted by Crippen LogP contribution is -2.04. The SMILES string of the molecule is Cc1cccc(C)c1C(=O)CCCCBr. The van der Waals surface area contributed by atoms with Gasteiger partial charge in [-0.15, -0.1) is 0 Å². The first-order valence-corrected chi connectivity index (χ1v) is 6.44. The molecule has 0 bridgehead atoms. The number of carbonyl (C=O) groups is 1. The van der Waals surface area contributed by atoms with Gasteiger partial charge in [-0.2, -0.15) is 0 Å². The van der Waals surface area contributed by atoms with Gasteiger partial charge in [-0.05, 0) is 37.8 Å². The van der Waals surface area contributed by atoms with Gasteiger partial charge >= 0.3 is 0 Å². The molecule has 0 saturated carbocycles. The smallest absolute Gasteiger partial charge is 0.163 e. The zero-order valence-corrected chi connectivity index (χ0v) is 10.9. The zero-order chi connectivity index (χ0) is 11.3. The van der Waals surface area contributed by atoms with Crippen LogP contribution in [-0.4, -0.2) is 11.1 Å². The van der Waals surface area contributed by atoms with Gasteiger partial charge in [0.25, 0.3) is 0 Å². The third-order valence-electron chi connectivity index (χ3n) is 2.55. The summed E-state index contributed by atoms with van der Waals surface area (Å²) < 4.78 is 0. The fourth-order valence-electron chi connectivity index (χ4n) is 1.76. The monoisotopic (exact) mass is 268 g/mol. The van der Waals surface area contributed by atoms with Crippen LogP contribution >= 0.6 is 15.9 Å². The van der Waals surface area contributed by atoms with E-state index in [1.807, 2.05) is 32.0 Å². The summed E-state index contributed by atoms with van der Waals surface area (Å²) in [6.45, 7) is 4.01. The summed E-state index contributed by atoms with van der Waals surface area (Å²) in [6, 6.07) is 6.01. The normalized spacial score (nSPS) is 10.3. The first-order chi connectivity index (χ1) is 7.16. The van der Waals surface area contributed by atoms with Gasteiger partial charge in [0, 0.05) is 17.3 Å². The van der Waals surface area contributed by atoms with E-state index in [0.717, 1.165) is 34.9 Å². The second-order valence-corrected chi connectivity index (χ2v) is 4.63.